The van der Waals surface area contributed by atoms with Gasteiger partial charge in [0.2, 0.25) is 6.04 Å². The van der Waals surface area contributed by atoms with Crippen molar-refractivity contribution < 1.29 is 9.72 Å². The second kappa shape index (κ2) is 7.65. The molecule has 0 spiro atoms. The van der Waals surface area contributed by atoms with Crippen LogP contribution in [0.15, 0.2) is 72.3 Å². The molecule has 2 aromatic carbocycles. The molecule has 1 aliphatic rings. The van der Waals surface area contributed by atoms with Gasteiger partial charge in [-0.1, -0.05) is 80.6 Å². The van der Waals surface area contributed by atoms with Crippen LogP contribution < -0.4 is 0 Å². The van der Waals surface area contributed by atoms with Gasteiger partial charge in [0.1, 0.15) is 6.29 Å². The SMILES string of the molecule is CC(C)[C@@H]1C=C(C=O)[C@H](c2ccccc2)[C@@H]([N+](=O)[O-])[C@H]1c1ccccc1. The molecule has 0 N–H and O–H groups in total. The summed E-state index contributed by atoms with van der Waals surface area (Å²) >= 11 is 0. The summed E-state index contributed by atoms with van der Waals surface area (Å²) in [5.74, 6) is -0.689. The molecule has 0 saturated heterocycles. The molecule has 0 amide bonds. The molecule has 0 aromatic heterocycles. The molecule has 4 atom stereocenters. The fraction of sp³-hybridized carbons (Fsp3) is 0.318. The number of benzene rings is 2. The highest BCUT2D eigenvalue weighted by molar-refractivity contribution is 5.77. The molecular formula is C22H23NO3. The smallest absolute Gasteiger partial charge is 0.231 e. The van der Waals surface area contributed by atoms with Gasteiger partial charge in [0.25, 0.3) is 0 Å². The molecule has 26 heavy (non-hydrogen) atoms. The van der Waals surface area contributed by atoms with Crippen molar-refractivity contribution >= 4 is 6.29 Å². The largest absolute Gasteiger partial charge is 0.298 e. The number of carbonyl (C=O) groups excluding carboxylic acids is 1. The monoisotopic (exact) mass is 349 g/mol. The molecule has 3 rings (SSSR count). The van der Waals surface area contributed by atoms with Gasteiger partial charge in [-0.3, -0.25) is 14.9 Å². The number of hydrogen-bond donors (Lipinski definition) is 0. The molecule has 0 saturated carbocycles. The van der Waals surface area contributed by atoms with Crippen LogP contribution in [-0.2, 0) is 4.79 Å². The first-order chi connectivity index (χ1) is 12.5. The quantitative estimate of drug-likeness (QED) is 0.450. The topological polar surface area (TPSA) is 60.2 Å². The molecule has 0 bridgehead atoms. The first-order valence-electron chi connectivity index (χ1n) is 8.95. The highest BCUT2D eigenvalue weighted by atomic mass is 16.6. The molecular weight excluding hydrogens is 326 g/mol. The highest BCUT2D eigenvalue weighted by Crippen LogP contribution is 2.47. The second-order valence-electron chi connectivity index (χ2n) is 7.21. The van der Waals surface area contributed by atoms with Crippen LogP contribution in [0.5, 0.6) is 0 Å². The van der Waals surface area contributed by atoms with Crippen molar-refractivity contribution in [1.82, 2.24) is 0 Å². The Kier molecular flexibility index (Phi) is 5.31. The van der Waals surface area contributed by atoms with Crippen LogP contribution >= 0.6 is 0 Å². The van der Waals surface area contributed by atoms with Gasteiger partial charge in [-0.2, -0.15) is 0 Å². The summed E-state index contributed by atoms with van der Waals surface area (Å²) in [6, 6.07) is 18.1. The minimum atomic E-state index is -0.877. The number of aldehydes is 1. The van der Waals surface area contributed by atoms with Crippen molar-refractivity contribution in [2.45, 2.75) is 31.7 Å². The number of hydrogen-bond acceptors (Lipinski definition) is 3. The van der Waals surface area contributed by atoms with Crippen LogP contribution in [0.1, 0.15) is 36.8 Å². The van der Waals surface area contributed by atoms with Crippen LogP contribution in [0.4, 0.5) is 0 Å². The van der Waals surface area contributed by atoms with Crippen molar-refractivity contribution in [2.24, 2.45) is 11.8 Å². The van der Waals surface area contributed by atoms with Gasteiger partial charge >= 0.3 is 0 Å². The van der Waals surface area contributed by atoms with Crippen molar-refractivity contribution in [1.29, 1.82) is 0 Å². The molecule has 0 fully saturated rings. The Hall–Kier alpha value is -2.75. The van der Waals surface area contributed by atoms with Crippen molar-refractivity contribution in [3.05, 3.63) is 93.6 Å². The number of nitro groups is 1. The van der Waals surface area contributed by atoms with Gasteiger partial charge in [0, 0.05) is 10.5 Å². The van der Waals surface area contributed by atoms with E-state index < -0.39 is 12.0 Å². The van der Waals surface area contributed by atoms with E-state index in [-0.39, 0.29) is 22.7 Å². The molecule has 0 radical (unpaired) electrons. The van der Waals surface area contributed by atoms with Crippen molar-refractivity contribution in [3.63, 3.8) is 0 Å². The number of allylic oxidation sites excluding steroid dienone is 1. The normalized spacial score (nSPS) is 25.6. The molecule has 0 aliphatic heterocycles. The van der Waals surface area contributed by atoms with Gasteiger partial charge in [0.15, 0.2) is 0 Å². The zero-order chi connectivity index (χ0) is 18.7. The number of nitrogens with zero attached hydrogens (tertiary/aromatic N) is 1. The Balaban J connectivity index is 2.22. The van der Waals surface area contributed by atoms with E-state index in [4.69, 9.17) is 0 Å². The lowest BCUT2D eigenvalue weighted by atomic mass is 9.64. The number of carbonyl (C=O) groups is 1. The summed E-state index contributed by atoms with van der Waals surface area (Å²) in [7, 11) is 0. The van der Waals surface area contributed by atoms with E-state index in [2.05, 4.69) is 13.8 Å². The fourth-order valence-corrected chi connectivity index (χ4v) is 4.18. The summed E-state index contributed by atoms with van der Waals surface area (Å²) in [5, 5.41) is 12.2. The summed E-state index contributed by atoms with van der Waals surface area (Å²) in [4.78, 5) is 23.9. The van der Waals surface area contributed by atoms with Gasteiger partial charge in [-0.05, 0) is 23.0 Å². The van der Waals surface area contributed by atoms with Gasteiger partial charge in [0.05, 0.1) is 11.8 Å². The van der Waals surface area contributed by atoms with E-state index in [1.807, 2.05) is 66.7 Å². The van der Waals surface area contributed by atoms with Crippen LogP contribution in [0.2, 0.25) is 0 Å². The molecule has 1 aliphatic carbocycles. The predicted octanol–water partition coefficient (Wildman–Crippen LogP) is 4.61. The zero-order valence-electron chi connectivity index (χ0n) is 15.0. The molecule has 0 heterocycles. The molecule has 134 valence electrons. The van der Waals surface area contributed by atoms with E-state index in [1.54, 1.807) is 0 Å². The summed E-state index contributed by atoms with van der Waals surface area (Å²) in [6.45, 7) is 4.11. The lowest BCUT2D eigenvalue weighted by Crippen LogP contribution is -2.43. The third-order valence-electron chi connectivity index (χ3n) is 5.36. The maximum Gasteiger partial charge on any atom is 0.231 e. The Labute approximate surface area is 153 Å². The van der Waals surface area contributed by atoms with Gasteiger partial charge in [-0.25, -0.2) is 0 Å². The summed E-state index contributed by atoms with van der Waals surface area (Å²) < 4.78 is 0. The Morgan fingerprint density at radius 2 is 1.50 bits per heavy atom. The summed E-state index contributed by atoms with van der Waals surface area (Å²) in [5.41, 5.74) is 2.29. The molecule has 4 heteroatoms. The van der Waals surface area contributed by atoms with Crippen LogP contribution in [0.25, 0.3) is 0 Å². The zero-order valence-corrected chi connectivity index (χ0v) is 15.0. The van der Waals surface area contributed by atoms with E-state index in [0.29, 0.717) is 5.57 Å². The van der Waals surface area contributed by atoms with Crippen molar-refractivity contribution in [3.8, 4) is 0 Å². The minimum Gasteiger partial charge on any atom is -0.298 e. The van der Waals surface area contributed by atoms with Crippen LogP contribution in [0.3, 0.4) is 0 Å². The lowest BCUT2D eigenvalue weighted by Gasteiger charge is -2.38. The van der Waals surface area contributed by atoms with E-state index in [9.17, 15) is 14.9 Å². The Morgan fingerprint density at radius 3 is 1.96 bits per heavy atom. The third kappa shape index (κ3) is 3.32. The summed E-state index contributed by atoms with van der Waals surface area (Å²) in [6.07, 6.45) is 2.76. The average Bonchev–Trinajstić information content (AvgIpc) is 2.67. The highest BCUT2D eigenvalue weighted by Gasteiger charge is 2.49. The van der Waals surface area contributed by atoms with Gasteiger partial charge in [-0.15, -0.1) is 0 Å². The van der Waals surface area contributed by atoms with E-state index in [1.165, 1.54) is 0 Å². The van der Waals surface area contributed by atoms with E-state index >= 15 is 0 Å². The van der Waals surface area contributed by atoms with Crippen LogP contribution in [0, 0.1) is 22.0 Å². The molecule has 2 aromatic rings. The second-order valence-corrected chi connectivity index (χ2v) is 7.21. The van der Waals surface area contributed by atoms with Crippen molar-refractivity contribution in [2.75, 3.05) is 0 Å². The van der Waals surface area contributed by atoms with E-state index in [0.717, 1.165) is 17.4 Å². The average molecular weight is 349 g/mol. The predicted molar refractivity (Wildman–Crippen MR) is 102 cm³/mol. The first-order valence-corrected chi connectivity index (χ1v) is 8.95. The molecule has 0 unspecified atom stereocenters. The Bertz CT molecular complexity index is 799. The van der Waals surface area contributed by atoms with Crippen LogP contribution in [-0.4, -0.2) is 17.3 Å². The fourth-order valence-electron chi connectivity index (χ4n) is 4.18. The third-order valence-corrected chi connectivity index (χ3v) is 5.36. The molecule has 4 nitrogen and oxygen atoms in total. The standard InChI is InChI=1S/C22H23NO3/c1-15(2)19-13-18(14-24)20(16-9-5-3-6-10-16)22(23(25)26)21(19)17-11-7-4-8-12-17/h3-15,19-22H,1-2H3/t19-,20-,21-,22+/m0/s1. The number of rotatable bonds is 5. The maximum atomic E-state index is 12.2. The first kappa shape index (κ1) is 18.1. The van der Waals surface area contributed by atoms with Gasteiger partial charge < -0.3 is 0 Å². The maximum absolute atomic E-state index is 12.2. The minimum absolute atomic E-state index is 0.0621. The Morgan fingerprint density at radius 1 is 0.962 bits per heavy atom. The lowest BCUT2D eigenvalue weighted by molar-refractivity contribution is -0.532.